The Hall–Kier alpha value is -0.870. The first-order valence-electron chi connectivity index (χ1n) is 5.35. The van der Waals surface area contributed by atoms with E-state index in [9.17, 15) is 4.79 Å². The third kappa shape index (κ3) is 4.44. The molecular weight excluding hydrogens is 194 g/mol. The molecule has 15 heavy (non-hydrogen) atoms. The number of hydrogen-bond acceptors (Lipinski definition) is 4. The van der Waals surface area contributed by atoms with Crippen LogP contribution in [-0.4, -0.2) is 49.8 Å². The summed E-state index contributed by atoms with van der Waals surface area (Å²) < 4.78 is 10.3. The van der Waals surface area contributed by atoms with E-state index in [0.29, 0.717) is 12.6 Å². The van der Waals surface area contributed by atoms with Crippen LogP contribution >= 0.6 is 0 Å². The van der Waals surface area contributed by atoms with Gasteiger partial charge in [0.1, 0.15) is 6.61 Å². The number of ether oxygens (including phenoxy) is 2. The standard InChI is InChI=1S/C11H19NO3/c1-3-4-11(13)15-8-6-12-5-7-14-9-10(12)2/h3-4,10H,5-9H2,1-2H3/b4-3+. The summed E-state index contributed by atoms with van der Waals surface area (Å²) >= 11 is 0. The Balaban J connectivity index is 2.16. The largest absolute Gasteiger partial charge is 0.461 e. The van der Waals surface area contributed by atoms with Gasteiger partial charge in [0.25, 0.3) is 0 Å². The van der Waals surface area contributed by atoms with Gasteiger partial charge in [0.05, 0.1) is 13.2 Å². The van der Waals surface area contributed by atoms with Gasteiger partial charge in [-0.25, -0.2) is 4.79 Å². The fourth-order valence-corrected chi connectivity index (χ4v) is 1.54. The van der Waals surface area contributed by atoms with E-state index < -0.39 is 0 Å². The van der Waals surface area contributed by atoms with Gasteiger partial charge in [0, 0.05) is 25.2 Å². The Morgan fingerprint density at radius 3 is 3.13 bits per heavy atom. The molecule has 0 aromatic rings. The molecule has 1 aliphatic heterocycles. The first-order valence-corrected chi connectivity index (χ1v) is 5.35. The van der Waals surface area contributed by atoms with Crippen LogP contribution < -0.4 is 0 Å². The number of esters is 1. The highest BCUT2D eigenvalue weighted by atomic mass is 16.5. The molecule has 0 bridgehead atoms. The van der Waals surface area contributed by atoms with Crippen molar-refractivity contribution in [1.82, 2.24) is 4.90 Å². The zero-order valence-electron chi connectivity index (χ0n) is 9.44. The van der Waals surface area contributed by atoms with Crippen LogP contribution in [0.1, 0.15) is 13.8 Å². The van der Waals surface area contributed by atoms with Crippen molar-refractivity contribution < 1.29 is 14.3 Å². The van der Waals surface area contributed by atoms with Crippen LogP contribution in [-0.2, 0) is 14.3 Å². The van der Waals surface area contributed by atoms with Crippen LogP contribution in [0.25, 0.3) is 0 Å². The maximum Gasteiger partial charge on any atom is 0.330 e. The molecule has 1 fully saturated rings. The molecule has 4 heteroatoms. The van der Waals surface area contributed by atoms with Gasteiger partial charge in [0.2, 0.25) is 0 Å². The minimum atomic E-state index is -0.265. The smallest absolute Gasteiger partial charge is 0.330 e. The highest BCUT2D eigenvalue weighted by Crippen LogP contribution is 2.04. The van der Waals surface area contributed by atoms with Crippen molar-refractivity contribution in [1.29, 1.82) is 0 Å². The molecule has 1 heterocycles. The number of carbonyl (C=O) groups excluding carboxylic acids is 1. The Morgan fingerprint density at radius 2 is 2.47 bits per heavy atom. The molecule has 0 amide bonds. The molecular formula is C11H19NO3. The number of nitrogens with zero attached hydrogens (tertiary/aromatic N) is 1. The molecule has 4 nitrogen and oxygen atoms in total. The second-order valence-electron chi connectivity index (χ2n) is 3.63. The average Bonchev–Trinajstić information content (AvgIpc) is 2.21. The zero-order chi connectivity index (χ0) is 11.1. The molecule has 1 unspecified atom stereocenters. The third-order valence-electron chi connectivity index (χ3n) is 2.43. The molecule has 0 radical (unpaired) electrons. The van der Waals surface area contributed by atoms with Crippen molar-refractivity contribution in [3.05, 3.63) is 12.2 Å². The predicted octanol–water partition coefficient (Wildman–Crippen LogP) is 0.826. The van der Waals surface area contributed by atoms with E-state index in [1.165, 1.54) is 6.08 Å². The van der Waals surface area contributed by atoms with E-state index in [-0.39, 0.29) is 5.97 Å². The van der Waals surface area contributed by atoms with Crippen LogP contribution in [0.4, 0.5) is 0 Å². The van der Waals surface area contributed by atoms with Crippen molar-refractivity contribution in [2.45, 2.75) is 19.9 Å². The van der Waals surface area contributed by atoms with Crippen LogP contribution in [0.15, 0.2) is 12.2 Å². The normalized spacial score (nSPS) is 23.2. The van der Waals surface area contributed by atoms with Gasteiger partial charge in [-0.2, -0.15) is 0 Å². The monoisotopic (exact) mass is 213 g/mol. The summed E-state index contributed by atoms with van der Waals surface area (Å²) in [5.74, 6) is -0.265. The van der Waals surface area contributed by atoms with Crippen molar-refractivity contribution in [2.24, 2.45) is 0 Å². The molecule has 1 atom stereocenters. The third-order valence-corrected chi connectivity index (χ3v) is 2.43. The quantitative estimate of drug-likeness (QED) is 0.512. The Labute approximate surface area is 90.8 Å². The summed E-state index contributed by atoms with van der Waals surface area (Å²) in [7, 11) is 0. The molecule has 0 saturated carbocycles. The van der Waals surface area contributed by atoms with Gasteiger partial charge in [-0.05, 0) is 13.8 Å². The topological polar surface area (TPSA) is 38.8 Å². The van der Waals surface area contributed by atoms with Crippen LogP contribution in [0, 0.1) is 0 Å². The van der Waals surface area contributed by atoms with Crippen LogP contribution in [0.2, 0.25) is 0 Å². The Bertz CT molecular complexity index is 228. The summed E-state index contributed by atoms with van der Waals surface area (Å²) in [6.07, 6.45) is 3.11. The molecule has 1 rings (SSSR count). The maximum absolute atomic E-state index is 11.0. The summed E-state index contributed by atoms with van der Waals surface area (Å²) in [6, 6.07) is 0.416. The van der Waals surface area contributed by atoms with Gasteiger partial charge in [-0.1, -0.05) is 6.08 Å². The Morgan fingerprint density at radius 1 is 1.67 bits per heavy atom. The van der Waals surface area contributed by atoms with Gasteiger partial charge >= 0.3 is 5.97 Å². The first kappa shape index (κ1) is 12.2. The highest BCUT2D eigenvalue weighted by Gasteiger charge is 2.18. The molecule has 0 aliphatic carbocycles. The molecule has 1 aliphatic rings. The summed E-state index contributed by atoms with van der Waals surface area (Å²) in [5.41, 5.74) is 0. The first-order chi connectivity index (χ1) is 7.24. The predicted molar refractivity (Wildman–Crippen MR) is 57.6 cm³/mol. The summed E-state index contributed by atoms with van der Waals surface area (Å²) in [4.78, 5) is 13.3. The molecule has 0 aromatic heterocycles. The van der Waals surface area contributed by atoms with E-state index in [1.54, 1.807) is 13.0 Å². The van der Waals surface area contributed by atoms with Crippen molar-refractivity contribution in [3.63, 3.8) is 0 Å². The molecule has 0 spiro atoms. The van der Waals surface area contributed by atoms with Gasteiger partial charge in [-0.3, -0.25) is 4.90 Å². The number of rotatable bonds is 4. The molecule has 86 valence electrons. The van der Waals surface area contributed by atoms with Gasteiger partial charge in [0.15, 0.2) is 0 Å². The van der Waals surface area contributed by atoms with E-state index in [4.69, 9.17) is 9.47 Å². The zero-order valence-corrected chi connectivity index (χ0v) is 9.44. The number of hydrogen-bond donors (Lipinski definition) is 0. The van der Waals surface area contributed by atoms with Crippen molar-refractivity contribution in [2.75, 3.05) is 32.9 Å². The molecule has 1 saturated heterocycles. The van der Waals surface area contributed by atoms with Gasteiger partial charge in [-0.15, -0.1) is 0 Å². The fourth-order valence-electron chi connectivity index (χ4n) is 1.54. The number of carbonyl (C=O) groups is 1. The van der Waals surface area contributed by atoms with E-state index in [2.05, 4.69) is 11.8 Å². The lowest BCUT2D eigenvalue weighted by Gasteiger charge is -2.32. The lowest BCUT2D eigenvalue weighted by molar-refractivity contribution is -0.138. The highest BCUT2D eigenvalue weighted by molar-refractivity contribution is 5.81. The van der Waals surface area contributed by atoms with Crippen LogP contribution in [0.3, 0.4) is 0 Å². The lowest BCUT2D eigenvalue weighted by atomic mass is 10.2. The molecule has 0 N–H and O–H groups in total. The minimum absolute atomic E-state index is 0.265. The summed E-state index contributed by atoms with van der Waals surface area (Å²) in [6.45, 7) is 7.61. The van der Waals surface area contributed by atoms with Crippen molar-refractivity contribution in [3.8, 4) is 0 Å². The molecule has 0 aromatic carbocycles. The Kier molecular flexibility index (Phi) is 5.36. The number of morpholine rings is 1. The second kappa shape index (κ2) is 6.58. The fraction of sp³-hybridized carbons (Fsp3) is 0.727. The van der Waals surface area contributed by atoms with Gasteiger partial charge < -0.3 is 9.47 Å². The lowest BCUT2D eigenvalue weighted by Crippen LogP contribution is -2.45. The summed E-state index contributed by atoms with van der Waals surface area (Å²) in [5, 5.41) is 0. The maximum atomic E-state index is 11.0. The van der Waals surface area contributed by atoms with Crippen LogP contribution in [0.5, 0.6) is 0 Å². The van der Waals surface area contributed by atoms with E-state index >= 15 is 0 Å². The van der Waals surface area contributed by atoms with E-state index in [0.717, 1.165) is 26.3 Å². The van der Waals surface area contributed by atoms with Crippen molar-refractivity contribution >= 4 is 5.97 Å². The number of allylic oxidation sites excluding steroid dienone is 1. The SMILES string of the molecule is C/C=C/C(=O)OCCN1CCOCC1C. The second-order valence-corrected chi connectivity index (χ2v) is 3.63. The average molecular weight is 213 g/mol. The van der Waals surface area contributed by atoms with E-state index in [1.807, 2.05) is 0 Å². The minimum Gasteiger partial charge on any atom is -0.461 e.